The summed E-state index contributed by atoms with van der Waals surface area (Å²) in [6.07, 6.45) is 7.73. The minimum atomic E-state index is 0.0528. The maximum absolute atomic E-state index is 12.6. The monoisotopic (exact) mass is 407 g/mol. The van der Waals surface area contributed by atoms with E-state index in [2.05, 4.69) is 40.4 Å². The minimum absolute atomic E-state index is 0.0528. The number of nitrogens with one attached hydrogen (secondary N) is 1. The van der Waals surface area contributed by atoms with E-state index in [4.69, 9.17) is 0 Å². The Balaban J connectivity index is 1.35. The van der Waals surface area contributed by atoms with E-state index < -0.39 is 0 Å². The van der Waals surface area contributed by atoms with Gasteiger partial charge in [-0.25, -0.2) is 4.98 Å². The van der Waals surface area contributed by atoms with E-state index in [1.165, 1.54) is 42.4 Å². The van der Waals surface area contributed by atoms with Crippen LogP contribution in [0.4, 0.5) is 5.69 Å². The Hall–Kier alpha value is -2.24. The summed E-state index contributed by atoms with van der Waals surface area (Å²) >= 11 is 1.68. The molecular formula is C24H29N3OS. The number of aryl methyl sites for hydroxylation is 1. The summed E-state index contributed by atoms with van der Waals surface area (Å²) < 4.78 is 1.18. The van der Waals surface area contributed by atoms with Crippen molar-refractivity contribution in [3.8, 4) is 0 Å². The van der Waals surface area contributed by atoms with Crippen molar-refractivity contribution < 1.29 is 4.79 Å². The van der Waals surface area contributed by atoms with Crippen molar-refractivity contribution in [3.63, 3.8) is 0 Å². The van der Waals surface area contributed by atoms with Crippen LogP contribution in [0.25, 0.3) is 10.2 Å². The molecule has 1 fully saturated rings. The van der Waals surface area contributed by atoms with E-state index in [1.807, 2.05) is 30.3 Å². The van der Waals surface area contributed by atoms with Gasteiger partial charge >= 0.3 is 0 Å². The number of para-hydroxylation sites is 2. The van der Waals surface area contributed by atoms with Crippen molar-refractivity contribution in [2.75, 3.05) is 12.4 Å². The summed E-state index contributed by atoms with van der Waals surface area (Å²) in [5, 5.41) is 4.15. The molecule has 1 aromatic heterocycles. The van der Waals surface area contributed by atoms with Gasteiger partial charge in [-0.2, -0.15) is 0 Å². The molecule has 0 saturated heterocycles. The van der Waals surface area contributed by atoms with E-state index in [0.717, 1.165) is 22.8 Å². The van der Waals surface area contributed by atoms with Gasteiger partial charge in [0, 0.05) is 31.1 Å². The van der Waals surface area contributed by atoms with Gasteiger partial charge in [0.05, 0.1) is 15.2 Å². The minimum Gasteiger partial charge on any atom is -0.326 e. The van der Waals surface area contributed by atoms with Crippen LogP contribution in [-0.4, -0.2) is 28.9 Å². The highest BCUT2D eigenvalue weighted by Crippen LogP contribution is 2.25. The topological polar surface area (TPSA) is 45.2 Å². The van der Waals surface area contributed by atoms with Crippen LogP contribution in [0.1, 0.15) is 49.1 Å². The first-order chi connectivity index (χ1) is 14.2. The molecule has 1 N–H and O–H groups in total. The second kappa shape index (κ2) is 9.51. The number of nitrogens with zero attached hydrogens (tertiary/aromatic N) is 2. The molecule has 0 atom stereocenters. The number of benzene rings is 2. The number of carbonyl (C=O) groups is 1. The van der Waals surface area contributed by atoms with E-state index >= 15 is 0 Å². The zero-order valence-electron chi connectivity index (χ0n) is 17.1. The number of amides is 1. The zero-order chi connectivity index (χ0) is 20.1. The molecule has 0 radical (unpaired) electrons. The Labute approximate surface area is 177 Å². The van der Waals surface area contributed by atoms with Gasteiger partial charge in [0.15, 0.2) is 0 Å². The van der Waals surface area contributed by atoms with Gasteiger partial charge in [-0.15, -0.1) is 11.3 Å². The first-order valence-electron chi connectivity index (χ1n) is 10.6. The SMILES string of the molecule is CN(Cc1ccccc1NC(=O)CCc1nc2ccccc2s1)C1CCCCC1. The molecule has 2 aromatic carbocycles. The average molecular weight is 408 g/mol. The Bertz CT molecular complexity index is 928. The van der Waals surface area contributed by atoms with Crippen LogP contribution >= 0.6 is 11.3 Å². The Morgan fingerprint density at radius 2 is 1.86 bits per heavy atom. The summed E-state index contributed by atoms with van der Waals surface area (Å²) in [5.74, 6) is 0.0528. The Morgan fingerprint density at radius 1 is 1.10 bits per heavy atom. The number of thiazole rings is 1. The van der Waals surface area contributed by atoms with Crippen molar-refractivity contribution >= 4 is 33.1 Å². The highest BCUT2D eigenvalue weighted by Gasteiger charge is 2.19. The second-order valence-electron chi connectivity index (χ2n) is 7.99. The van der Waals surface area contributed by atoms with Gasteiger partial charge in [0.1, 0.15) is 0 Å². The molecular weight excluding hydrogens is 378 g/mol. The van der Waals surface area contributed by atoms with E-state index in [1.54, 1.807) is 11.3 Å². The van der Waals surface area contributed by atoms with Crippen molar-refractivity contribution in [1.29, 1.82) is 0 Å². The average Bonchev–Trinajstić information content (AvgIpc) is 3.17. The number of carbonyl (C=O) groups excluding carboxylic acids is 1. The molecule has 1 aliphatic rings. The van der Waals surface area contributed by atoms with Crippen molar-refractivity contribution in [2.24, 2.45) is 0 Å². The Kier molecular flexibility index (Phi) is 6.57. The maximum Gasteiger partial charge on any atom is 0.224 e. The van der Waals surface area contributed by atoms with Crippen LogP contribution in [0.15, 0.2) is 48.5 Å². The third-order valence-electron chi connectivity index (χ3n) is 5.81. The molecule has 1 aliphatic carbocycles. The molecule has 152 valence electrons. The lowest BCUT2D eigenvalue weighted by Gasteiger charge is -2.31. The highest BCUT2D eigenvalue weighted by molar-refractivity contribution is 7.18. The summed E-state index contributed by atoms with van der Waals surface area (Å²) in [5.41, 5.74) is 3.14. The third kappa shape index (κ3) is 5.22. The van der Waals surface area contributed by atoms with Crippen LogP contribution in [0.5, 0.6) is 0 Å². The number of aromatic nitrogens is 1. The fourth-order valence-electron chi connectivity index (χ4n) is 4.16. The normalized spacial score (nSPS) is 15.1. The zero-order valence-corrected chi connectivity index (χ0v) is 17.9. The molecule has 3 aromatic rings. The van der Waals surface area contributed by atoms with Gasteiger partial charge in [0.25, 0.3) is 0 Å². The molecule has 4 nitrogen and oxygen atoms in total. The molecule has 29 heavy (non-hydrogen) atoms. The van der Waals surface area contributed by atoms with Crippen LogP contribution in [0.3, 0.4) is 0 Å². The van der Waals surface area contributed by atoms with Gasteiger partial charge in [-0.1, -0.05) is 49.6 Å². The van der Waals surface area contributed by atoms with Gasteiger partial charge in [-0.05, 0) is 43.7 Å². The van der Waals surface area contributed by atoms with Crippen molar-refractivity contribution in [2.45, 2.75) is 57.5 Å². The summed E-state index contributed by atoms with van der Waals surface area (Å²) in [4.78, 5) is 19.7. The molecule has 1 saturated carbocycles. The molecule has 0 spiro atoms. The maximum atomic E-state index is 12.6. The number of hydrogen-bond donors (Lipinski definition) is 1. The van der Waals surface area contributed by atoms with Gasteiger partial charge in [-0.3, -0.25) is 9.69 Å². The summed E-state index contributed by atoms with van der Waals surface area (Å²) in [7, 11) is 2.21. The number of rotatable bonds is 7. The van der Waals surface area contributed by atoms with E-state index in [9.17, 15) is 4.79 Å². The summed E-state index contributed by atoms with van der Waals surface area (Å²) in [6.45, 7) is 0.874. The first kappa shape index (κ1) is 20.0. The predicted octanol–water partition coefficient (Wildman–Crippen LogP) is 5.63. The number of fused-ring (bicyclic) bond motifs is 1. The lowest BCUT2D eigenvalue weighted by molar-refractivity contribution is -0.116. The fraction of sp³-hybridized carbons (Fsp3) is 0.417. The molecule has 5 heteroatoms. The lowest BCUT2D eigenvalue weighted by Crippen LogP contribution is -2.33. The highest BCUT2D eigenvalue weighted by atomic mass is 32.1. The van der Waals surface area contributed by atoms with Crippen LogP contribution in [0, 0.1) is 0 Å². The second-order valence-corrected chi connectivity index (χ2v) is 9.10. The number of anilines is 1. The van der Waals surface area contributed by atoms with E-state index in [-0.39, 0.29) is 5.91 Å². The van der Waals surface area contributed by atoms with Gasteiger partial charge < -0.3 is 5.32 Å². The smallest absolute Gasteiger partial charge is 0.224 e. The summed E-state index contributed by atoms with van der Waals surface area (Å²) in [6, 6.07) is 17.0. The van der Waals surface area contributed by atoms with Crippen molar-refractivity contribution in [3.05, 3.63) is 59.1 Å². The lowest BCUT2D eigenvalue weighted by atomic mass is 9.94. The van der Waals surface area contributed by atoms with Crippen molar-refractivity contribution in [1.82, 2.24) is 9.88 Å². The quantitative estimate of drug-likeness (QED) is 0.552. The molecule has 0 unspecified atom stereocenters. The molecule has 4 rings (SSSR count). The molecule has 0 aliphatic heterocycles. The van der Waals surface area contributed by atoms with Crippen LogP contribution < -0.4 is 5.32 Å². The van der Waals surface area contributed by atoms with E-state index in [0.29, 0.717) is 18.9 Å². The van der Waals surface area contributed by atoms with Crippen LogP contribution in [0.2, 0.25) is 0 Å². The first-order valence-corrected chi connectivity index (χ1v) is 11.4. The molecule has 0 bridgehead atoms. The third-order valence-corrected chi connectivity index (χ3v) is 6.91. The standard InChI is InChI=1S/C24H29N3OS/c1-27(19-10-3-2-4-11-19)17-18-9-5-6-12-20(18)25-23(28)15-16-24-26-21-13-7-8-14-22(21)29-24/h5-9,12-14,19H,2-4,10-11,15-17H2,1H3,(H,25,28). The number of hydrogen-bond acceptors (Lipinski definition) is 4. The van der Waals surface area contributed by atoms with Gasteiger partial charge in [0.2, 0.25) is 5.91 Å². The fourth-order valence-corrected chi connectivity index (χ4v) is 5.13. The molecule has 1 amide bonds. The largest absolute Gasteiger partial charge is 0.326 e. The molecule has 1 heterocycles. The van der Waals surface area contributed by atoms with Crippen LogP contribution in [-0.2, 0) is 17.8 Å². The Morgan fingerprint density at radius 3 is 2.69 bits per heavy atom. The predicted molar refractivity (Wildman–Crippen MR) is 121 cm³/mol.